The van der Waals surface area contributed by atoms with E-state index in [2.05, 4.69) is 5.29 Å². The number of anilines is 1. The van der Waals surface area contributed by atoms with Crippen LogP contribution in [0, 0.1) is 4.91 Å². The van der Waals surface area contributed by atoms with Crippen molar-refractivity contribution in [2.75, 3.05) is 5.01 Å². The molecule has 0 aliphatic carbocycles. The average molecular weight is 213 g/mol. The number of nitrogens with zero attached hydrogens (tertiary/aromatic N) is 2. The Bertz CT molecular complexity index is 299. The molecular weight excluding hydrogens is 200 g/mol. The molecule has 0 bridgehead atoms. The molecule has 0 radical (unpaired) electrons. The molecule has 1 atom stereocenters. The van der Waals surface area contributed by atoms with Gasteiger partial charge in [0.25, 0.3) is 0 Å². The van der Waals surface area contributed by atoms with E-state index in [1.165, 1.54) is 5.01 Å². The van der Waals surface area contributed by atoms with Crippen LogP contribution in [0.2, 0.25) is 5.02 Å². The summed E-state index contributed by atoms with van der Waals surface area (Å²) in [7, 11) is 0. The van der Waals surface area contributed by atoms with E-state index in [-0.39, 0.29) is 6.04 Å². The molecule has 4 heteroatoms. The molecule has 0 fully saturated rings. The zero-order valence-corrected chi connectivity index (χ0v) is 9.03. The first-order chi connectivity index (χ1) is 6.69. The van der Waals surface area contributed by atoms with Gasteiger partial charge in [0.1, 0.15) is 0 Å². The molecule has 0 N–H and O–H groups in total. The van der Waals surface area contributed by atoms with Crippen molar-refractivity contribution in [3.63, 3.8) is 0 Å². The van der Waals surface area contributed by atoms with Crippen molar-refractivity contribution in [2.24, 2.45) is 5.29 Å². The number of rotatable bonds is 4. The highest BCUT2D eigenvalue weighted by atomic mass is 35.5. The zero-order valence-electron chi connectivity index (χ0n) is 8.27. The van der Waals surface area contributed by atoms with Crippen molar-refractivity contribution < 1.29 is 0 Å². The van der Waals surface area contributed by atoms with Crippen LogP contribution in [-0.4, -0.2) is 6.04 Å². The van der Waals surface area contributed by atoms with Crippen LogP contribution in [-0.2, 0) is 0 Å². The molecular formula is C10H13ClN2O. The Balaban J connectivity index is 2.89. The molecule has 0 saturated heterocycles. The lowest BCUT2D eigenvalue weighted by atomic mass is 10.2. The van der Waals surface area contributed by atoms with Gasteiger partial charge in [-0.2, -0.15) is 0 Å². The molecule has 14 heavy (non-hydrogen) atoms. The molecule has 3 nitrogen and oxygen atoms in total. The fourth-order valence-electron chi connectivity index (χ4n) is 1.15. The lowest BCUT2D eigenvalue weighted by Gasteiger charge is -2.21. The molecule has 0 saturated carbocycles. The number of hydrogen-bond acceptors (Lipinski definition) is 2. The molecule has 1 aromatic rings. The Morgan fingerprint density at radius 2 is 2.00 bits per heavy atom. The average Bonchev–Trinajstić information content (AvgIpc) is 2.21. The second kappa shape index (κ2) is 4.96. The zero-order chi connectivity index (χ0) is 10.6. The first kappa shape index (κ1) is 11.0. The molecule has 0 aliphatic rings. The van der Waals surface area contributed by atoms with Crippen LogP contribution in [0.5, 0.6) is 0 Å². The minimum Gasteiger partial charge on any atom is -0.227 e. The molecule has 0 spiro atoms. The monoisotopic (exact) mass is 212 g/mol. The van der Waals surface area contributed by atoms with E-state index in [4.69, 9.17) is 11.6 Å². The molecule has 0 aliphatic heterocycles. The lowest BCUT2D eigenvalue weighted by molar-refractivity contribution is 0.632. The first-order valence-corrected chi connectivity index (χ1v) is 4.95. The lowest BCUT2D eigenvalue weighted by Crippen LogP contribution is -2.26. The Morgan fingerprint density at radius 1 is 1.43 bits per heavy atom. The van der Waals surface area contributed by atoms with Gasteiger partial charge in [0.2, 0.25) is 0 Å². The van der Waals surface area contributed by atoms with E-state index in [1.807, 2.05) is 13.8 Å². The predicted octanol–water partition coefficient (Wildman–Crippen LogP) is 3.63. The van der Waals surface area contributed by atoms with Gasteiger partial charge in [0.15, 0.2) is 0 Å². The maximum absolute atomic E-state index is 10.6. The van der Waals surface area contributed by atoms with Gasteiger partial charge >= 0.3 is 0 Å². The summed E-state index contributed by atoms with van der Waals surface area (Å²) in [4.78, 5) is 10.6. The van der Waals surface area contributed by atoms with Crippen LogP contribution in [0.4, 0.5) is 5.69 Å². The highest BCUT2D eigenvalue weighted by Crippen LogP contribution is 2.21. The van der Waals surface area contributed by atoms with Gasteiger partial charge in [-0.25, -0.2) is 5.01 Å². The maximum Gasteiger partial charge on any atom is 0.0630 e. The van der Waals surface area contributed by atoms with Gasteiger partial charge in [-0.15, -0.1) is 4.91 Å². The molecule has 1 rings (SSSR count). The van der Waals surface area contributed by atoms with E-state index in [9.17, 15) is 4.91 Å². The minimum absolute atomic E-state index is 0.105. The molecule has 0 amide bonds. The number of halogens is 1. The second-order valence-electron chi connectivity index (χ2n) is 3.16. The van der Waals surface area contributed by atoms with Crippen molar-refractivity contribution in [1.29, 1.82) is 0 Å². The van der Waals surface area contributed by atoms with Crippen LogP contribution >= 0.6 is 11.6 Å². The Morgan fingerprint density at radius 3 is 2.43 bits per heavy atom. The first-order valence-electron chi connectivity index (χ1n) is 4.57. The van der Waals surface area contributed by atoms with Crippen molar-refractivity contribution in [3.8, 4) is 0 Å². The highest BCUT2D eigenvalue weighted by Gasteiger charge is 2.12. The Kier molecular flexibility index (Phi) is 3.89. The number of nitroso groups, excluding NO2 is 1. The van der Waals surface area contributed by atoms with E-state index >= 15 is 0 Å². The van der Waals surface area contributed by atoms with Crippen LogP contribution in [0.1, 0.15) is 20.3 Å². The van der Waals surface area contributed by atoms with Gasteiger partial charge in [0, 0.05) is 5.02 Å². The summed E-state index contributed by atoms with van der Waals surface area (Å²) in [5.74, 6) is 0. The topological polar surface area (TPSA) is 32.7 Å². The summed E-state index contributed by atoms with van der Waals surface area (Å²) in [6, 6.07) is 7.18. The molecule has 1 unspecified atom stereocenters. The van der Waals surface area contributed by atoms with Gasteiger partial charge in [0.05, 0.1) is 17.0 Å². The predicted molar refractivity (Wildman–Crippen MR) is 59.5 cm³/mol. The summed E-state index contributed by atoms with van der Waals surface area (Å²) in [6.07, 6.45) is 0.869. The van der Waals surface area contributed by atoms with E-state index in [0.717, 1.165) is 12.1 Å². The summed E-state index contributed by atoms with van der Waals surface area (Å²) in [6.45, 7) is 3.97. The highest BCUT2D eigenvalue weighted by molar-refractivity contribution is 6.30. The third kappa shape index (κ3) is 2.45. The van der Waals surface area contributed by atoms with E-state index < -0.39 is 0 Å². The van der Waals surface area contributed by atoms with Gasteiger partial charge in [-0.1, -0.05) is 18.5 Å². The quantitative estimate of drug-likeness (QED) is 0.564. The third-order valence-electron chi connectivity index (χ3n) is 2.19. The van der Waals surface area contributed by atoms with Crippen LogP contribution < -0.4 is 5.01 Å². The fourth-order valence-corrected chi connectivity index (χ4v) is 1.27. The summed E-state index contributed by atoms with van der Waals surface area (Å²) < 4.78 is 0. The van der Waals surface area contributed by atoms with Crippen LogP contribution in [0.15, 0.2) is 29.6 Å². The van der Waals surface area contributed by atoms with Crippen LogP contribution in [0.3, 0.4) is 0 Å². The molecule has 0 heterocycles. The third-order valence-corrected chi connectivity index (χ3v) is 2.44. The largest absolute Gasteiger partial charge is 0.227 e. The van der Waals surface area contributed by atoms with Crippen LogP contribution in [0.25, 0.3) is 0 Å². The maximum atomic E-state index is 10.6. The number of hydrogen-bond donors (Lipinski definition) is 0. The van der Waals surface area contributed by atoms with E-state index in [1.54, 1.807) is 24.3 Å². The Hall–Kier alpha value is -1.09. The van der Waals surface area contributed by atoms with Crippen molar-refractivity contribution in [3.05, 3.63) is 34.2 Å². The second-order valence-corrected chi connectivity index (χ2v) is 3.60. The normalized spacial score (nSPS) is 12.2. The van der Waals surface area contributed by atoms with Crippen molar-refractivity contribution >= 4 is 17.3 Å². The Labute approximate surface area is 88.6 Å². The molecule has 0 aromatic heterocycles. The number of benzene rings is 1. The van der Waals surface area contributed by atoms with Gasteiger partial charge in [-0.3, -0.25) is 0 Å². The smallest absolute Gasteiger partial charge is 0.0630 e. The molecule has 1 aromatic carbocycles. The summed E-state index contributed by atoms with van der Waals surface area (Å²) in [5.41, 5.74) is 0.777. The SMILES string of the molecule is CCC(C)N(N=O)c1ccc(Cl)cc1. The van der Waals surface area contributed by atoms with Gasteiger partial charge in [-0.05, 0) is 37.6 Å². The summed E-state index contributed by atoms with van der Waals surface area (Å²) >= 11 is 5.75. The van der Waals surface area contributed by atoms with Crippen molar-refractivity contribution in [1.82, 2.24) is 0 Å². The van der Waals surface area contributed by atoms with Crippen molar-refractivity contribution in [2.45, 2.75) is 26.3 Å². The fraction of sp³-hybridized carbons (Fsp3) is 0.400. The summed E-state index contributed by atoms with van der Waals surface area (Å²) in [5, 5.41) is 5.11. The van der Waals surface area contributed by atoms with Gasteiger partial charge < -0.3 is 0 Å². The standard InChI is InChI=1S/C10H13ClN2O/c1-3-8(2)13(12-14)10-6-4-9(11)5-7-10/h4-8H,3H2,1-2H3. The molecule has 76 valence electrons. The van der Waals surface area contributed by atoms with E-state index in [0.29, 0.717) is 5.02 Å². The minimum atomic E-state index is 0.105.